The minimum absolute atomic E-state index is 0.0885. The number of nitrogens with zero attached hydrogens (tertiary/aromatic N) is 1. The second kappa shape index (κ2) is 8.05. The molecule has 0 fully saturated rings. The van der Waals surface area contributed by atoms with Gasteiger partial charge in [-0.3, -0.25) is 4.79 Å². The molecule has 1 amide bonds. The van der Waals surface area contributed by atoms with Gasteiger partial charge in [-0.25, -0.2) is 0 Å². The summed E-state index contributed by atoms with van der Waals surface area (Å²) in [5.41, 5.74) is 0. The Hall–Kier alpha value is -1.22. The molecule has 0 aliphatic rings. The number of hydrogen-bond donors (Lipinski definition) is 0. The fourth-order valence-corrected chi connectivity index (χ4v) is 2.00. The summed E-state index contributed by atoms with van der Waals surface area (Å²) in [7, 11) is 1.82. The largest absolute Gasteiger partial charge is 0.492 e. The van der Waals surface area contributed by atoms with Gasteiger partial charge >= 0.3 is 0 Å². The molecule has 0 aliphatic heterocycles. The number of amides is 1. The number of benzene rings is 1. The van der Waals surface area contributed by atoms with E-state index in [1.807, 2.05) is 26.1 Å². The van der Waals surface area contributed by atoms with E-state index < -0.39 is 0 Å². The van der Waals surface area contributed by atoms with Crippen LogP contribution in [0.15, 0.2) is 24.3 Å². The van der Waals surface area contributed by atoms with E-state index >= 15 is 0 Å². The molecule has 3 nitrogen and oxygen atoms in total. The van der Waals surface area contributed by atoms with E-state index in [0.717, 1.165) is 18.6 Å². The summed E-state index contributed by atoms with van der Waals surface area (Å²) in [5.74, 6) is 1.04. The average Bonchev–Trinajstić information content (AvgIpc) is 2.40. The highest BCUT2D eigenvalue weighted by molar-refractivity contribution is 6.30. The summed E-state index contributed by atoms with van der Waals surface area (Å²) in [6.07, 6.45) is 1.96. The quantitative estimate of drug-likeness (QED) is 0.765. The Labute approximate surface area is 120 Å². The van der Waals surface area contributed by atoms with Crippen LogP contribution >= 0.6 is 11.6 Å². The molecule has 0 saturated carbocycles. The topological polar surface area (TPSA) is 29.5 Å². The summed E-state index contributed by atoms with van der Waals surface area (Å²) in [6.45, 7) is 5.15. The molecule has 1 unspecified atom stereocenters. The third-order valence-electron chi connectivity index (χ3n) is 3.03. The third-order valence-corrected chi connectivity index (χ3v) is 3.28. The van der Waals surface area contributed by atoms with Gasteiger partial charge in [0, 0.05) is 18.0 Å². The molecular formula is C15H22ClNO2. The highest BCUT2D eigenvalue weighted by atomic mass is 35.5. The van der Waals surface area contributed by atoms with Gasteiger partial charge in [0.2, 0.25) is 5.91 Å². The molecule has 0 bridgehead atoms. The molecule has 0 N–H and O–H groups in total. The standard InChI is InChI=1S/C15H22ClNO2/c1-4-5-12(2)15(18)17(3)10-11-19-14-8-6-13(16)7-9-14/h6-9,12H,4-5,10-11H2,1-3H3. The first-order valence-electron chi connectivity index (χ1n) is 6.68. The molecular weight excluding hydrogens is 262 g/mol. The lowest BCUT2D eigenvalue weighted by Crippen LogP contribution is -2.34. The first-order chi connectivity index (χ1) is 9.04. The van der Waals surface area contributed by atoms with Crippen molar-refractivity contribution in [2.24, 2.45) is 5.92 Å². The van der Waals surface area contributed by atoms with Crippen molar-refractivity contribution in [3.05, 3.63) is 29.3 Å². The molecule has 106 valence electrons. The maximum atomic E-state index is 12.0. The fraction of sp³-hybridized carbons (Fsp3) is 0.533. The number of ether oxygens (including phenoxy) is 1. The maximum Gasteiger partial charge on any atom is 0.225 e. The van der Waals surface area contributed by atoms with Crippen LogP contribution in [0, 0.1) is 5.92 Å². The van der Waals surface area contributed by atoms with Crippen LogP contribution in [0.4, 0.5) is 0 Å². The lowest BCUT2D eigenvalue weighted by atomic mass is 10.1. The molecule has 0 aliphatic carbocycles. The predicted octanol–water partition coefficient (Wildman–Crippen LogP) is 3.61. The van der Waals surface area contributed by atoms with E-state index in [4.69, 9.17) is 16.3 Å². The summed E-state index contributed by atoms with van der Waals surface area (Å²) < 4.78 is 5.57. The lowest BCUT2D eigenvalue weighted by Gasteiger charge is -2.21. The smallest absolute Gasteiger partial charge is 0.225 e. The van der Waals surface area contributed by atoms with E-state index in [1.54, 1.807) is 17.0 Å². The highest BCUT2D eigenvalue weighted by Crippen LogP contribution is 2.15. The van der Waals surface area contributed by atoms with Gasteiger partial charge in [0.15, 0.2) is 0 Å². The average molecular weight is 284 g/mol. The molecule has 0 aromatic heterocycles. The second-order valence-corrected chi connectivity index (χ2v) is 5.19. The molecule has 1 atom stereocenters. The summed E-state index contributed by atoms with van der Waals surface area (Å²) >= 11 is 5.79. The second-order valence-electron chi connectivity index (χ2n) is 4.75. The van der Waals surface area contributed by atoms with Gasteiger partial charge < -0.3 is 9.64 Å². The van der Waals surface area contributed by atoms with Gasteiger partial charge in [0.1, 0.15) is 12.4 Å². The van der Waals surface area contributed by atoms with Crippen molar-refractivity contribution in [3.63, 3.8) is 0 Å². The Morgan fingerprint density at radius 2 is 2.00 bits per heavy atom. The third kappa shape index (κ3) is 5.52. The van der Waals surface area contributed by atoms with Crippen LogP contribution in [0.3, 0.4) is 0 Å². The molecule has 0 saturated heterocycles. The Morgan fingerprint density at radius 1 is 1.37 bits per heavy atom. The zero-order chi connectivity index (χ0) is 14.3. The van der Waals surface area contributed by atoms with E-state index in [1.165, 1.54) is 0 Å². The van der Waals surface area contributed by atoms with Crippen LogP contribution in [0.25, 0.3) is 0 Å². The minimum atomic E-state index is 0.0885. The highest BCUT2D eigenvalue weighted by Gasteiger charge is 2.16. The maximum absolute atomic E-state index is 12.0. The number of likely N-dealkylation sites (N-methyl/N-ethyl adjacent to an activating group) is 1. The zero-order valence-electron chi connectivity index (χ0n) is 11.9. The Bertz CT molecular complexity index is 392. The lowest BCUT2D eigenvalue weighted by molar-refractivity contribution is -0.134. The van der Waals surface area contributed by atoms with Crippen LogP contribution in [0.2, 0.25) is 5.02 Å². The fourth-order valence-electron chi connectivity index (χ4n) is 1.87. The first-order valence-corrected chi connectivity index (χ1v) is 7.05. The van der Waals surface area contributed by atoms with Crippen molar-refractivity contribution in [1.29, 1.82) is 0 Å². The van der Waals surface area contributed by atoms with Crippen molar-refractivity contribution < 1.29 is 9.53 Å². The van der Waals surface area contributed by atoms with Gasteiger partial charge in [-0.1, -0.05) is 31.9 Å². The number of rotatable bonds is 7. The van der Waals surface area contributed by atoms with Gasteiger partial charge in [0.05, 0.1) is 6.54 Å². The molecule has 1 aromatic carbocycles. The van der Waals surface area contributed by atoms with Crippen LogP contribution in [0.5, 0.6) is 5.75 Å². The van der Waals surface area contributed by atoms with E-state index in [0.29, 0.717) is 18.2 Å². The normalized spacial score (nSPS) is 12.0. The number of hydrogen-bond acceptors (Lipinski definition) is 2. The van der Waals surface area contributed by atoms with Crippen molar-refractivity contribution in [1.82, 2.24) is 4.90 Å². The number of carbonyl (C=O) groups is 1. The van der Waals surface area contributed by atoms with Crippen molar-refractivity contribution in [2.45, 2.75) is 26.7 Å². The Morgan fingerprint density at radius 3 is 2.58 bits per heavy atom. The molecule has 1 aromatic rings. The van der Waals surface area contributed by atoms with Crippen LogP contribution in [-0.4, -0.2) is 31.0 Å². The minimum Gasteiger partial charge on any atom is -0.492 e. The molecule has 4 heteroatoms. The van der Waals surface area contributed by atoms with Crippen LogP contribution in [0.1, 0.15) is 26.7 Å². The zero-order valence-corrected chi connectivity index (χ0v) is 12.6. The van der Waals surface area contributed by atoms with Crippen molar-refractivity contribution in [3.8, 4) is 5.75 Å². The van der Waals surface area contributed by atoms with Crippen LogP contribution < -0.4 is 4.74 Å². The predicted molar refractivity (Wildman–Crippen MR) is 78.7 cm³/mol. The molecule has 0 radical (unpaired) electrons. The van der Waals surface area contributed by atoms with Crippen molar-refractivity contribution in [2.75, 3.05) is 20.2 Å². The number of halogens is 1. The van der Waals surface area contributed by atoms with E-state index in [9.17, 15) is 4.79 Å². The Kier molecular flexibility index (Phi) is 6.71. The van der Waals surface area contributed by atoms with Crippen LogP contribution in [-0.2, 0) is 4.79 Å². The molecule has 0 spiro atoms. The van der Waals surface area contributed by atoms with E-state index in [-0.39, 0.29) is 11.8 Å². The molecule has 0 heterocycles. The Balaban J connectivity index is 2.32. The van der Waals surface area contributed by atoms with E-state index in [2.05, 4.69) is 6.92 Å². The first kappa shape index (κ1) is 15.8. The van der Waals surface area contributed by atoms with Crippen molar-refractivity contribution >= 4 is 17.5 Å². The SMILES string of the molecule is CCCC(C)C(=O)N(C)CCOc1ccc(Cl)cc1. The monoisotopic (exact) mass is 283 g/mol. The van der Waals surface area contributed by atoms with Gasteiger partial charge in [-0.05, 0) is 30.7 Å². The van der Waals surface area contributed by atoms with Gasteiger partial charge in [-0.15, -0.1) is 0 Å². The molecule has 1 rings (SSSR count). The summed E-state index contributed by atoms with van der Waals surface area (Å²) in [4.78, 5) is 13.7. The molecule has 19 heavy (non-hydrogen) atoms. The number of carbonyl (C=O) groups excluding carboxylic acids is 1. The van der Waals surface area contributed by atoms with Gasteiger partial charge in [0.25, 0.3) is 0 Å². The van der Waals surface area contributed by atoms with Gasteiger partial charge in [-0.2, -0.15) is 0 Å². The summed E-state index contributed by atoms with van der Waals surface area (Å²) in [6, 6.07) is 7.22. The summed E-state index contributed by atoms with van der Waals surface area (Å²) in [5, 5.41) is 0.688.